The van der Waals surface area contributed by atoms with E-state index in [-0.39, 0.29) is 0 Å². The highest BCUT2D eigenvalue weighted by Gasteiger charge is 2.21. The van der Waals surface area contributed by atoms with E-state index in [9.17, 15) is 9.90 Å². The quantitative estimate of drug-likeness (QED) is 0.163. The number of hydrogen-bond acceptors (Lipinski definition) is 9. The summed E-state index contributed by atoms with van der Waals surface area (Å²) in [6.45, 7) is 3.65. The molecule has 4 N–H and O–H groups in total. The Morgan fingerprint density at radius 1 is 1.10 bits per heavy atom. The van der Waals surface area contributed by atoms with Gasteiger partial charge in [-0.3, -0.25) is 10.00 Å². The van der Waals surface area contributed by atoms with Crippen LogP contribution in [0.4, 0.5) is 11.6 Å². The van der Waals surface area contributed by atoms with Crippen molar-refractivity contribution in [1.29, 1.82) is 0 Å². The zero-order chi connectivity index (χ0) is 27.6. The SMILES string of the molecule is O=C(O)[C@H](CCN(CCCCc1ccc2c(n1)NCCC2)CCOc1ccccc1)Nc1ncnc2[nH]ncc12. The van der Waals surface area contributed by atoms with E-state index in [2.05, 4.69) is 47.8 Å². The van der Waals surface area contributed by atoms with Gasteiger partial charge in [-0.15, -0.1) is 0 Å². The fourth-order valence-corrected chi connectivity index (χ4v) is 4.91. The molecule has 40 heavy (non-hydrogen) atoms. The zero-order valence-corrected chi connectivity index (χ0v) is 22.6. The Bertz CT molecular complexity index is 1380. The molecule has 210 valence electrons. The molecule has 4 aromatic rings. The van der Waals surface area contributed by atoms with Crippen LogP contribution in [0.3, 0.4) is 0 Å². The fourth-order valence-electron chi connectivity index (χ4n) is 4.91. The van der Waals surface area contributed by atoms with E-state index in [1.807, 2.05) is 30.3 Å². The molecule has 5 rings (SSSR count). The van der Waals surface area contributed by atoms with Crippen LogP contribution in [0.15, 0.2) is 55.0 Å². The molecule has 0 unspecified atom stereocenters. The van der Waals surface area contributed by atoms with Gasteiger partial charge in [-0.2, -0.15) is 5.10 Å². The number of carboxylic acids is 1. The molecule has 1 aliphatic rings. The fraction of sp³-hybridized carbons (Fsp3) is 0.414. The number of hydrogen-bond donors (Lipinski definition) is 4. The Morgan fingerprint density at radius 3 is 2.88 bits per heavy atom. The Hall–Kier alpha value is -4.25. The van der Waals surface area contributed by atoms with Gasteiger partial charge in [-0.05, 0) is 68.8 Å². The molecule has 3 aromatic heterocycles. The number of unbranched alkanes of at least 4 members (excludes halogenated alkanes) is 1. The number of ether oxygens (including phenoxy) is 1. The van der Waals surface area contributed by atoms with Crippen molar-refractivity contribution >= 4 is 28.6 Å². The van der Waals surface area contributed by atoms with Gasteiger partial charge in [0, 0.05) is 25.3 Å². The van der Waals surface area contributed by atoms with E-state index >= 15 is 0 Å². The lowest BCUT2D eigenvalue weighted by Crippen LogP contribution is -2.37. The number of fused-ring (bicyclic) bond motifs is 2. The number of aromatic amines is 1. The molecule has 0 saturated carbocycles. The molecule has 1 atom stereocenters. The monoisotopic (exact) mass is 544 g/mol. The molecule has 11 heteroatoms. The lowest BCUT2D eigenvalue weighted by atomic mass is 10.1. The van der Waals surface area contributed by atoms with Crippen molar-refractivity contribution in [3.63, 3.8) is 0 Å². The number of nitrogens with zero attached hydrogens (tertiary/aromatic N) is 5. The summed E-state index contributed by atoms with van der Waals surface area (Å²) < 4.78 is 5.94. The highest BCUT2D eigenvalue weighted by Crippen LogP contribution is 2.21. The second-order valence-corrected chi connectivity index (χ2v) is 9.98. The first-order valence-electron chi connectivity index (χ1n) is 13.9. The smallest absolute Gasteiger partial charge is 0.326 e. The van der Waals surface area contributed by atoms with Gasteiger partial charge in [-0.1, -0.05) is 24.3 Å². The number of pyridine rings is 1. The number of nitrogens with one attached hydrogen (secondary N) is 3. The van der Waals surface area contributed by atoms with Crippen LogP contribution in [0.2, 0.25) is 0 Å². The number of anilines is 2. The van der Waals surface area contributed by atoms with Crippen LogP contribution in [0, 0.1) is 0 Å². The third kappa shape index (κ3) is 7.44. The first-order chi connectivity index (χ1) is 19.7. The van der Waals surface area contributed by atoms with Crippen molar-refractivity contribution in [2.75, 3.05) is 43.4 Å². The number of rotatable bonds is 15. The Labute approximate surface area is 233 Å². The van der Waals surface area contributed by atoms with E-state index in [1.54, 1.807) is 6.20 Å². The minimum Gasteiger partial charge on any atom is -0.492 e. The summed E-state index contributed by atoms with van der Waals surface area (Å²) in [5, 5.41) is 23.9. The van der Waals surface area contributed by atoms with Gasteiger partial charge in [0.05, 0.1) is 11.6 Å². The van der Waals surface area contributed by atoms with Crippen molar-refractivity contribution in [3.8, 4) is 5.75 Å². The Morgan fingerprint density at radius 2 is 2.00 bits per heavy atom. The van der Waals surface area contributed by atoms with E-state index in [1.165, 1.54) is 11.9 Å². The van der Waals surface area contributed by atoms with Crippen molar-refractivity contribution < 1.29 is 14.6 Å². The minimum absolute atomic E-state index is 0.405. The minimum atomic E-state index is -0.928. The van der Waals surface area contributed by atoms with Crippen LogP contribution in [-0.4, -0.2) is 80.0 Å². The van der Waals surface area contributed by atoms with Gasteiger partial charge in [0.15, 0.2) is 5.65 Å². The second-order valence-electron chi connectivity index (χ2n) is 9.98. The van der Waals surface area contributed by atoms with Crippen LogP contribution >= 0.6 is 0 Å². The average Bonchev–Trinajstić information content (AvgIpc) is 3.47. The van der Waals surface area contributed by atoms with Gasteiger partial charge >= 0.3 is 5.97 Å². The number of carbonyl (C=O) groups is 1. The Balaban J connectivity index is 1.16. The van der Waals surface area contributed by atoms with Crippen molar-refractivity contribution in [2.24, 2.45) is 0 Å². The average molecular weight is 545 g/mol. The molecule has 1 aliphatic heterocycles. The summed E-state index contributed by atoms with van der Waals surface area (Å²) in [6, 6.07) is 13.3. The van der Waals surface area contributed by atoms with E-state index in [4.69, 9.17) is 9.72 Å². The van der Waals surface area contributed by atoms with E-state index < -0.39 is 12.0 Å². The maximum Gasteiger partial charge on any atom is 0.326 e. The summed E-state index contributed by atoms with van der Waals surface area (Å²) in [4.78, 5) is 27.6. The molecule has 0 aliphatic carbocycles. The number of H-pyrrole nitrogens is 1. The predicted molar refractivity (Wildman–Crippen MR) is 154 cm³/mol. The highest BCUT2D eigenvalue weighted by atomic mass is 16.5. The van der Waals surface area contributed by atoms with Gasteiger partial charge < -0.3 is 20.5 Å². The van der Waals surface area contributed by atoms with Gasteiger partial charge in [0.2, 0.25) is 0 Å². The number of aromatic nitrogens is 5. The zero-order valence-electron chi connectivity index (χ0n) is 22.6. The molecule has 11 nitrogen and oxygen atoms in total. The van der Waals surface area contributed by atoms with E-state index in [0.29, 0.717) is 43.0 Å². The maximum atomic E-state index is 12.1. The molecular formula is C29H36N8O3. The number of aliphatic carboxylic acids is 1. The van der Waals surface area contributed by atoms with Crippen molar-refractivity contribution in [2.45, 2.75) is 44.6 Å². The number of aryl methyl sites for hydroxylation is 2. The summed E-state index contributed by atoms with van der Waals surface area (Å²) in [5.74, 6) is 1.39. The number of carboxylic acid groups (broad SMARTS) is 1. The molecule has 0 fully saturated rings. The topological polar surface area (TPSA) is 141 Å². The maximum absolute atomic E-state index is 12.1. The molecule has 0 saturated heterocycles. The first-order valence-corrected chi connectivity index (χ1v) is 13.9. The third-order valence-corrected chi connectivity index (χ3v) is 7.12. The lowest BCUT2D eigenvalue weighted by molar-refractivity contribution is -0.138. The van der Waals surface area contributed by atoms with Gasteiger partial charge in [0.1, 0.15) is 36.4 Å². The third-order valence-electron chi connectivity index (χ3n) is 7.12. The van der Waals surface area contributed by atoms with Gasteiger partial charge in [-0.25, -0.2) is 19.7 Å². The summed E-state index contributed by atoms with van der Waals surface area (Å²) in [5.41, 5.74) is 2.97. The standard InChI is InChI=1S/C29H36N8O3/c38-29(39)25(35-27-24-19-33-36-28(24)32-20-31-27)13-16-37(17-18-40-23-9-2-1-3-10-23)15-5-4-8-22-12-11-21-7-6-14-30-26(21)34-22/h1-3,9-12,19-20,25H,4-8,13-18H2,(H,30,34)(H,38,39)(H2,31,32,33,35,36)/t25-/m0/s1. The lowest BCUT2D eigenvalue weighted by Gasteiger charge is -2.25. The molecule has 0 amide bonds. The number of benzene rings is 1. The van der Waals surface area contributed by atoms with Crippen LogP contribution in [0.25, 0.3) is 11.0 Å². The first kappa shape index (κ1) is 27.3. The molecule has 0 radical (unpaired) electrons. The van der Waals surface area contributed by atoms with Crippen LogP contribution in [0.1, 0.15) is 36.9 Å². The largest absolute Gasteiger partial charge is 0.492 e. The Kier molecular flexibility index (Phi) is 9.36. The van der Waals surface area contributed by atoms with Crippen LogP contribution in [-0.2, 0) is 17.6 Å². The van der Waals surface area contributed by atoms with Crippen LogP contribution in [0.5, 0.6) is 5.75 Å². The van der Waals surface area contributed by atoms with Crippen molar-refractivity contribution in [1.82, 2.24) is 30.0 Å². The molecule has 0 spiro atoms. The predicted octanol–water partition coefficient (Wildman–Crippen LogP) is 3.77. The van der Waals surface area contributed by atoms with Crippen molar-refractivity contribution in [3.05, 3.63) is 66.2 Å². The number of para-hydroxylation sites is 1. The van der Waals surface area contributed by atoms with E-state index in [0.717, 1.165) is 62.5 Å². The molecule has 0 bridgehead atoms. The second kappa shape index (κ2) is 13.7. The summed E-state index contributed by atoms with van der Waals surface area (Å²) >= 11 is 0. The van der Waals surface area contributed by atoms with Gasteiger partial charge in [0.25, 0.3) is 0 Å². The molecular weight excluding hydrogens is 508 g/mol. The molecule has 4 heterocycles. The normalized spacial score (nSPS) is 13.5. The summed E-state index contributed by atoms with van der Waals surface area (Å²) in [6.07, 6.45) is 8.53. The molecule has 1 aromatic carbocycles. The highest BCUT2D eigenvalue weighted by molar-refractivity contribution is 5.88. The van der Waals surface area contributed by atoms with Crippen LogP contribution < -0.4 is 15.4 Å². The summed E-state index contributed by atoms with van der Waals surface area (Å²) in [7, 11) is 0.